The molecule has 0 aliphatic carbocycles. The van der Waals surface area contributed by atoms with E-state index in [-0.39, 0.29) is 27.7 Å². The second-order valence-corrected chi connectivity index (χ2v) is 8.53. The molecule has 1 aliphatic rings. The molecule has 0 saturated carbocycles. The van der Waals surface area contributed by atoms with Crippen molar-refractivity contribution in [2.45, 2.75) is 24.7 Å². The molecule has 0 radical (unpaired) electrons. The van der Waals surface area contributed by atoms with Crippen LogP contribution in [0, 0.1) is 17.0 Å². The van der Waals surface area contributed by atoms with Gasteiger partial charge in [-0.15, -0.1) is 0 Å². The van der Waals surface area contributed by atoms with E-state index in [9.17, 15) is 23.3 Å². The van der Waals surface area contributed by atoms with Crippen LogP contribution < -0.4 is 4.72 Å². The van der Waals surface area contributed by atoms with Crippen LogP contribution in [0.15, 0.2) is 41.3 Å². The van der Waals surface area contributed by atoms with Gasteiger partial charge in [0.1, 0.15) is 0 Å². The monoisotopic (exact) mass is 423 g/mol. The van der Waals surface area contributed by atoms with Crippen LogP contribution in [-0.4, -0.2) is 37.2 Å². The smallest absolute Gasteiger partial charge is 0.290 e. The summed E-state index contributed by atoms with van der Waals surface area (Å²) in [6, 6.07) is 8.28. The Bertz CT molecular complexity index is 1050. The van der Waals surface area contributed by atoms with Crippen LogP contribution >= 0.6 is 11.6 Å². The number of hydrogen-bond donors (Lipinski definition) is 1. The maximum atomic E-state index is 13.0. The molecule has 2 aromatic carbocycles. The van der Waals surface area contributed by atoms with Crippen LogP contribution in [0.1, 0.15) is 28.8 Å². The maximum Gasteiger partial charge on any atom is 0.290 e. The van der Waals surface area contributed by atoms with Gasteiger partial charge in [-0.1, -0.05) is 23.7 Å². The first kappa shape index (κ1) is 20.1. The molecule has 1 aliphatic heterocycles. The van der Waals surface area contributed by atoms with Crippen LogP contribution in [0.5, 0.6) is 0 Å². The molecule has 10 heteroatoms. The number of carbonyl (C=O) groups is 1. The molecule has 3 rings (SSSR count). The molecule has 0 spiro atoms. The van der Waals surface area contributed by atoms with Crippen LogP contribution in [0.25, 0.3) is 0 Å². The van der Waals surface area contributed by atoms with Gasteiger partial charge >= 0.3 is 0 Å². The molecule has 8 nitrogen and oxygen atoms in total. The number of likely N-dealkylation sites (tertiary alicyclic amines) is 1. The fraction of sp³-hybridized carbons (Fsp3) is 0.278. The number of nitrogens with zero attached hydrogens (tertiary/aromatic N) is 2. The molecule has 1 fully saturated rings. The number of halogens is 1. The zero-order chi connectivity index (χ0) is 20.5. The number of nitro benzene ring substituents is 1. The summed E-state index contributed by atoms with van der Waals surface area (Å²) in [4.78, 5) is 24.5. The summed E-state index contributed by atoms with van der Waals surface area (Å²) >= 11 is 6.00. The average Bonchev–Trinajstić information content (AvgIpc) is 3.15. The van der Waals surface area contributed by atoms with E-state index < -0.39 is 25.5 Å². The second kappa shape index (κ2) is 7.76. The lowest BCUT2D eigenvalue weighted by atomic mass is 10.1. The predicted molar refractivity (Wildman–Crippen MR) is 105 cm³/mol. The number of benzene rings is 2. The number of amides is 1. The van der Waals surface area contributed by atoms with E-state index in [0.29, 0.717) is 13.1 Å². The van der Waals surface area contributed by atoms with E-state index in [0.717, 1.165) is 18.9 Å². The van der Waals surface area contributed by atoms with Crippen molar-refractivity contribution in [3.05, 3.63) is 62.7 Å². The topological polar surface area (TPSA) is 110 Å². The average molecular weight is 424 g/mol. The van der Waals surface area contributed by atoms with Gasteiger partial charge in [0.2, 0.25) is 0 Å². The van der Waals surface area contributed by atoms with Crippen molar-refractivity contribution in [3.63, 3.8) is 0 Å². The van der Waals surface area contributed by atoms with Gasteiger partial charge in [-0.2, -0.15) is 0 Å². The van der Waals surface area contributed by atoms with Gasteiger partial charge in [-0.05, 0) is 43.5 Å². The first-order valence-electron chi connectivity index (χ1n) is 8.56. The molecule has 148 valence electrons. The van der Waals surface area contributed by atoms with Gasteiger partial charge in [-0.25, -0.2) is 8.42 Å². The lowest BCUT2D eigenvalue weighted by Crippen LogP contribution is -2.29. The van der Waals surface area contributed by atoms with E-state index >= 15 is 0 Å². The van der Waals surface area contributed by atoms with Gasteiger partial charge in [0.15, 0.2) is 4.90 Å². The van der Waals surface area contributed by atoms with Gasteiger partial charge in [-0.3, -0.25) is 19.6 Å². The predicted octanol–water partition coefficient (Wildman–Crippen LogP) is 3.59. The molecule has 1 N–H and O–H groups in total. The number of anilines is 1. The largest absolute Gasteiger partial charge is 0.339 e. The minimum absolute atomic E-state index is 0.0121. The van der Waals surface area contributed by atoms with E-state index in [1.54, 1.807) is 4.90 Å². The Hall–Kier alpha value is -2.65. The number of aryl methyl sites for hydroxylation is 1. The molecule has 1 heterocycles. The van der Waals surface area contributed by atoms with Crippen molar-refractivity contribution in [1.29, 1.82) is 0 Å². The van der Waals surface area contributed by atoms with Crippen molar-refractivity contribution >= 4 is 38.9 Å². The molecule has 1 amide bonds. The van der Waals surface area contributed by atoms with Crippen molar-refractivity contribution in [2.75, 3.05) is 17.8 Å². The van der Waals surface area contributed by atoms with Crippen molar-refractivity contribution < 1.29 is 18.1 Å². The number of carbonyl (C=O) groups excluding carboxylic acids is 1. The Kier molecular flexibility index (Phi) is 5.57. The van der Waals surface area contributed by atoms with Crippen molar-refractivity contribution in [3.8, 4) is 0 Å². The lowest BCUT2D eigenvalue weighted by Gasteiger charge is -2.19. The standard InChI is InChI=1S/C18H18ClN3O5S/c1-12-5-4-6-16(22(24)25)17(12)28(26,27)20-15-11-13(19)7-8-14(15)18(23)21-9-2-3-10-21/h4-8,11,20H,2-3,9-10H2,1H3. The third kappa shape index (κ3) is 3.95. The highest BCUT2D eigenvalue weighted by Crippen LogP contribution is 2.31. The van der Waals surface area contributed by atoms with Crippen molar-refractivity contribution in [2.24, 2.45) is 0 Å². The SMILES string of the molecule is Cc1cccc([N+](=O)[O-])c1S(=O)(=O)Nc1cc(Cl)ccc1C(=O)N1CCCC1. The Labute approximate surface area is 167 Å². The molecular formula is C18H18ClN3O5S. The Morgan fingerprint density at radius 2 is 1.89 bits per heavy atom. The fourth-order valence-electron chi connectivity index (χ4n) is 3.20. The van der Waals surface area contributed by atoms with Gasteiger partial charge in [0, 0.05) is 24.2 Å². The first-order chi connectivity index (χ1) is 13.2. The van der Waals surface area contributed by atoms with Crippen LogP contribution in [0.4, 0.5) is 11.4 Å². The molecule has 0 atom stereocenters. The lowest BCUT2D eigenvalue weighted by molar-refractivity contribution is -0.387. The molecule has 28 heavy (non-hydrogen) atoms. The highest BCUT2D eigenvalue weighted by molar-refractivity contribution is 7.93. The number of hydrogen-bond acceptors (Lipinski definition) is 5. The minimum Gasteiger partial charge on any atom is -0.339 e. The van der Waals surface area contributed by atoms with Crippen LogP contribution in [0.3, 0.4) is 0 Å². The number of nitrogens with one attached hydrogen (secondary N) is 1. The van der Waals surface area contributed by atoms with Gasteiger partial charge in [0.25, 0.3) is 21.6 Å². The molecule has 0 aromatic heterocycles. The van der Waals surface area contributed by atoms with Crippen molar-refractivity contribution in [1.82, 2.24) is 4.90 Å². The molecule has 2 aromatic rings. The summed E-state index contributed by atoms with van der Waals surface area (Å²) in [5.74, 6) is -0.314. The zero-order valence-corrected chi connectivity index (χ0v) is 16.6. The van der Waals surface area contributed by atoms with Crippen LogP contribution in [-0.2, 0) is 10.0 Å². The van der Waals surface area contributed by atoms with Gasteiger partial charge < -0.3 is 4.90 Å². The zero-order valence-electron chi connectivity index (χ0n) is 15.0. The Morgan fingerprint density at radius 3 is 2.54 bits per heavy atom. The number of sulfonamides is 1. The second-order valence-electron chi connectivity index (χ2n) is 6.47. The first-order valence-corrected chi connectivity index (χ1v) is 10.4. The van der Waals surface area contributed by atoms with Crippen LogP contribution in [0.2, 0.25) is 5.02 Å². The third-order valence-corrected chi connectivity index (χ3v) is 6.30. The molecule has 1 saturated heterocycles. The number of nitro groups is 1. The normalized spacial score (nSPS) is 14.1. The number of rotatable bonds is 5. The summed E-state index contributed by atoms with van der Waals surface area (Å²) in [6.45, 7) is 2.66. The fourth-order valence-corrected chi connectivity index (χ4v) is 4.85. The maximum absolute atomic E-state index is 13.0. The summed E-state index contributed by atoms with van der Waals surface area (Å²) in [7, 11) is -4.34. The minimum atomic E-state index is -4.34. The van der Waals surface area contributed by atoms with E-state index in [1.807, 2.05) is 0 Å². The highest BCUT2D eigenvalue weighted by Gasteiger charge is 2.30. The third-order valence-electron chi connectivity index (χ3n) is 4.51. The molecule has 0 bridgehead atoms. The highest BCUT2D eigenvalue weighted by atomic mass is 35.5. The summed E-state index contributed by atoms with van der Waals surface area (Å²) < 4.78 is 28.3. The molecular weight excluding hydrogens is 406 g/mol. The van der Waals surface area contributed by atoms with E-state index in [2.05, 4.69) is 4.72 Å². The Balaban J connectivity index is 2.05. The van der Waals surface area contributed by atoms with E-state index in [4.69, 9.17) is 11.6 Å². The van der Waals surface area contributed by atoms with E-state index in [1.165, 1.54) is 37.3 Å². The molecule has 0 unspecified atom stereocenters. The Morgan fingerprint density at radius 1 is 1.21 bits per heavy atom. The summed E-state index contributed by atoms with van der Waals surface area (Å²) in [5, 5.41) is 11.5. The summed E-state index contributed by atoms with van der Waals surface area (Å²) in [6.07, 6.45) is 1.77. The quantitative estimate of drug-likeness (QED) is 0.583. The van der Waals surface area contributed by atoms with Gasteiger partial charge in [0.05, 0.1) is 16.2 Å². The summed E-state index contributed by atoms with van der Waals surface area (Å²) in [5.41, 5.74) is -0.189.